The number of rotatable bonds is 7. The number of carbonyl (C=O) groups excluding carboxylic acids is 1. The molecule has 1 heterocycles. The molecule has 0 saturated heterocycles. The Kier molecular flexibility index (Phi) is 6.56. The van der Waals surface area contributed by atoms with Crippen LogP contribution in [0.3, 0.4) is 0 Å². The van der Waals surface area contributed by atoms with Crippen molar-refractivity contribution < 1.29 is 18.0 Å². The Morgan fingerprint density at radius 3 is 2.20 bits per heavy atom. The molecule has 0 spiro atoms. The van der Waals surface area contributed by atoms with E-state index in [9.17, 15) is 18.0 Å². The van der Waals surface area contributed by atoms with E-state index in [-0.39, 0.29) is 17.8 Å². The standard InChI is InChI=1S/C22H21F3N4O/c1-29(2)22-19(27-21(30)11-15-9-17(24)12-18(25)10-15)7-8-20(28-22)26-13-14-3-5-16(23)6-4-14/h3-10,12H,11,13H2,1-2H3,(H,26,28)(H,27,30). The van der Waals surface area contributed by atoms with Gasteiger partial charge in [0.2, 0.25) is 5.91 Å². The predicted octanol–water partition coefficient (Wildman–Crippen LogP) is 4.36. The Labute approximate surface area is 172 Å². The molecule has 5 nitrogen and oxygen atoms in total. The molecule has 30 heavy (non-hydrogen) atoms. The van der Waals surface area contributed by atoms with Gasteiger partial charge in [-0.2, -0.15) is 0 Å². The first-order valence-electron chi connectivity index (χ1n) is 9.21. The Morgan fingerprint density at radius 1 is 0.900 bits per heavy atom. The first-order chi connectivity index (χ1) is 14.3. The van der Waals surface area contributed by atoms with Gasteiger partial charge >= 0.3 is 0 Å². The van der Waals surface area contributed by atoms with Crippen molar-refractivity contribution in [3.05, 3.63) is 83.2 Å². The van der Waals surface area contributed by atoms with Crippen LogP contribution in [0, 0.1) is 17.5 Å². The molecule has 0 radical (unpaired) electrons. The Balaban J connectivity index is 1.69. The normalized spacial score (nSPS) is 10.6. The van der Waals surface area contributed by atoms with E-state index >= 15 is 0 Å². The summed E-state index contributed by atoms with van der Waals surface area (Å²) in [5, 5.41) is 5.88. The molecule has 2 N–H and O–H groups in total. The number of nitrogens with one attached hydrogen (secondary N) is 2. The summed E-state index contributed by atoms with van der Waals surface area (Å²) < 4.78 is 39.6. The maximum atomic E-state index is 13.3. The highest BCUT2D eigenvalue weighted by Gasteiger charge is 2.13. The lowest BCUT2D eigenvalue weighted by atomic mass is 10.1. The SMILES string of the molecule is CN(C)c1nc(NCc2ccc(F)cc2)ccc1NC(=O)Cc1cc(F)cc(F)c1. The molecule has 0 saturated carbocycles. The Bertz CT molecular complexity index is 1020. The predicted molar refractivity (Wildman–Crippen MR) is 111 cm³/mol. The molecule has 3 aromatic rings. The van der Waals surface area contributed by atoms with Crippen LogP contribution < -0.4 is 15.5 Å². The third-order valence-corrected chi connectivity index (χ3v) is 4.25. The van der Waals surface area contributed by atoms with Crippen LogP contribution in [-0.4, -0.2) is 25.0 Å². The van der Waals surface area contributed by atoms with Gasteiger partial charge in [-0.3, -0.25) is 4.79 Å². The summed E-state index contributed by atoms with van der Waals surface area (Å²) in [7, 11) is 3.56. The fraction of sp³-hybridized carbons (Fsp3) is 0.182. The Morgan fingerprint density at radius 2 is 1.57 bits per heavy atom. The van der Waals surface area contributed by atoms with E-state index in [0.717, 1.165) is 23.8 Å². The molecule has 8 heteroatoms. The molecule has 0 aliphatic rings. The van der Waals surface area contributed by atoms with Crippen molar-refractivity contribution in [2.24, 2.45) is 0 Å². The average molecular weight is 414 g/mol. The minimum absolute atomic E-state index is 0.174. The molecule has 0 unspecified atom stereocenters. The smallest absolute Gasteiger partial charge is 0.228 e. The van der Waals surface area contributed by atoms with Crippen LogP contribution in [0.2, 0.25) is 0 Å². The number of halogens is 3. The number of carbonyl (C=O) groups is 1. The van der Waals surface area contributed by atoms with E-state index in [0.29, 0.717) is 23.9 Å². The summed E-state index contributed by atoms with van der Waals surface area (Å²) in [5.41, 5.74) is 1.60. The van der Waals surface area contributed by atoms with Crippen molar-refractivity contribution in [1.29, 1.82) is 0 Å². The summed E-state index contributed by atoms with van der Waals surface area (Å²) in [6.07, 6.45) is -0.174. The van der Waals surface area contributed by atoms with Crippen LogP contribution in [0.1, 0.15) is 11.1 Å². The number of amides is 1. The fourth-order valence-electron chi connectivity index (χ4n) is 2.87. The van der Waals surface area contributed by atoms with Crippen LogP contribution in [-0.2, 0) is 17.8 Å². The number of hydrogen-bond donors (Lipinski definition) is 2. The fourth-order valence-corrected chi connectivity index (χ4v) is 2.87. The molecular weight excluding hydrogens is 393 g/mol. The first kappa shape index (κ1) is 21.2. The maximum absolute atomic E-state index is 13.3. The summed E-state index contributed by atoms with van der Waals surface area (Å²) in [6, 6.07) is 12.5. The van der Waals surface area contributed by atoms with E-state index in [1.807, 2.05) is 0 Å². The second-order valence-electron chi connectivity index (χ2n) is 6.94. The third kappa shape index (κ3) is 5.73. The second kappa shape index (κ2) is 9.30. The quantitative estimate of drug-likeness (QED) is 0.603. The molecule has 156 valence electrons. The molecule has 1 aromatic heterocycles. The van der Waals surface area contributed by atoms with Crippen molar-refractivity contribution >= 4 is 23.2 Å². The lowest BCUT2D eigenvalue weighted by molar-refractivity contribution is -0.115. The maximum Gasteiger partial charge on any atom is 0.228 e. The largest absolute Gasteiger partial charge is 0.366 e. The summed E-state index contributed by atoms with van der Waals surface area (Å²) in [5.74, 6) is -1.09. The number of nitrogens with zero attached hydrogens (tertiary/aromatic N) is 2. The minimum Gasteiger partial charge on any atom is -0.366 e. The van der Waals surface area contributed by atoms with E-state index in [2.05, 4.69) is 15.6 Å². The van der Waals surface area contributed by atoms with Crippen LogP contribution in [0.5, 0.6) is 0 Å². The van der Waals surface area contributed by atoms with Gasteiger partial charge in [-0.25, -0.2) is 18.2 Å². The number of benzene rings is 2. The monoisotopic (exact) mass is 414 g/mol. The minimum atomic E-state index is -0.731. The number of hydrogen-bond acceptors (Lipinski definition) is 4. The van der Waals surface area contributed by atoms with Crippen molar-refractivity contribution in [2.75, 3.05) is 29.6 Å². The van der Waals surface area contributed by atoms with Crippen LogP contribution in [0.4, 0.5) is 30.5 Å². The molecule has 3 rings (SSSR count). The lowest BCUT2D eigenvalue weighted by Crippen LogP contribution is -2.19. The number of aromatic nitrogens is 1. The van der Waals surface area contributed by atoms with Gasteiger partial charge in [0.15, 0.2) is 5.82 Å². The molecular formula is C22H21F3N4O. The van der Waals surface area contributed by atoms with Crippen LogP contribution in [0.15, 0.2) is 54.6 Å². The highest BCUT2D eigenvalue weighted by Crippen LogP contribution is 2.25. The summed E-state index contributed by atoms with van der Waals surface area (Å²) >= 11 is 0. The molecule has 2 aromatic carbocycles. The Hall–Kier alpha value is -3.55. The van der Waals surface area contributed by atoms with Crippen LogP contribution in [0.25, 0.3) is 0 Å². The van der Waals surface area contributed by atoms with E-state index in [4.69, 9.17) is 0 Å². The number of anilines is 3. The zero-order chi connectivity index (χ0) is 21.7. The van der Waals surface area contributed by atoms with Gasteiger partial charge in [0.05, 0.1) is 12.1 Å². The van der Waals surface area contributed by atoms with Gasteiger partial charge < -0.3 is 15.5 Å². The van der Waals surface area contributed by atoms with Gasteiger partial charge in [-0.1, -0.05) is 12.1 Å². The van der Waals surface area contributed by atoms with Crippen molar-refractivity contribution in [1.82, 2.24) is 4.98 Å². The van der Waals surface area contributed by atoms with Gasteiger partial charge in [0.25, 0.3) is 0 Å². The highest BCUT2D eigenvalue weighted by molar-refractivity contribution is 5.95. The van der Waals surface area contributed by atoms with Crippen molar-refractivity contribution in [2.45, 2.75) is 13.0 Å². The van der Waals surface area contributed by atoms with Gasteiger partial charge in [0.1, 0.15) is 23.3 Å². The summed E-state index contributed by atoms with van der Waals surface area (Å²) in [6.45, 7) is 0.455. The highest BCUT2D eigenvalue weighted by atomic mass is 19.1. The molecule has 0 atom stereocenters. The molecule has 0 fully saturated rings. The molecule has 0 aliphatic carbocycles. The zero-order valence-corrected chi connectivity index (χ0v) is 16.5. The second-order valence-corrected chi connectivity index (χ2v) is 6.94. The topological polar surface area (TPSA) is 57.3 Å². The van der Waals surface area contributed by atoms with Gasteiger partial charge in [0, 0.05) is 26.7 Å². The van der Waals surface area contributed by atoms with Crippen LogP contribution >= 0.6 is 0 Å². The van der Waals surface area contributed by atoms with E-state index in [1.165, 1.54) is 12.1 Å². The molecule has 0 bridgehead atoms. The molecule has 0 aliphatic heterocycles. The average Bonchev–Trinajstić information content (AvgIpc) is 2.67. The molecule has 1 amide bonds. The number of pyridine rings is 1. The van der Waals surface area contributed by atoms with Crippen molar-refractivity contribution in [3.8, 4) is 0 Å². The van der Waals surface area contributed by atoms with Gasteiger partial charge in [-0.15, -0.1) is 0 Å². The van der Waals surface area contributed by atoms with E-state index < -0.39 is 17.5 Å². The van der Waals surface area contributed by atoms with E-state index in [1.54, 1.807) is 43.3 Å². The lowest BCUT2D eigenvalue weighted by Gasteiger charge is -2.18. The summed E-state index contributed by atoms with van der Waals surface area (Å²) in [4.78, 5) is 18.6. The third-order valence-electron chi connectivity index (χ3n) is 4.25. The van der Waals surface area contributed by atoms with Gasteiger partial charge in [-0.05, 0) is 47.5 Å². The zero-order valence-electron chi connectivity index (χ0n) is 16.5. The van der Waals surface area contributed by atoms with Crippen molar-refractivity contribution in [3.63, 3.8) is 0 Å². The first-order valence-corrected chi connectivity index (χ1v) is 9.21.